The van der Waals surface area contributed by atoms with Gasteiger partial charge in [-0.3, -0.25) is 0 Å². The topological polar surface area (TPSA) is 0 Å². The van der Waals surface area contributed by atoms with Gasteiger partial charge in [-0.25, -0.2) is 0 Å². The summed E-state index contributed by atoms with van der Waals surface area (Å²) in [5, 5.41) is 0. The largest absolute Gasteiger partial charge is 0.0841 e. The van der Waals surface area contributed by atoms with Crippen LogP contribution >= 0.6 is 0 Å². The summed E-state index contributed by atoms with van der Waals surface area (Å²) in [5.74, 6) is 0.563. The van der Waals surface area contributed by atoms with Crippen molar-refractivity contribution in [2.24, 2.45) is 11.3 Å². The van der Waals surface area contributed by atoms with Gasteiger partial charge < -0.3 is 0 Å². The fourth-order valence-electron chi connectivity index (χ4n) is 2.17. The molecule has 0 aliphatic heterocycles. The number of hydrogen-bond acceptors (Lipinski definition) is 0. The smallest absolute Gasteiger partial charge is 0.00109 e. The van der Waals surface area contributed by atoms with Gasteiger partial charge in [0.2, 0.25) is 0 Å². The van der Waals surface area contributed by atoms with E-state index in [1.54, 1.807) is 0 Å². The highest BCUT2D eigenvalue weighted by Gasteiger charge is 2.23. The zero-order chi connectivity index (χ0) is 10.8. The minimum absolute atomic E-state index is 0.306. The van der Waals surface area contributed by atoms with Crippen LogP contribution < -0.4 is 0 Å². The van der Waals surface area contributed by atoms with Gasteiger partial charge in [0.15, 0.2) is 0 Å². The molecule has 0 N–H and O–H groups in total. The highest BCUT2D eigenvalue weighted by molar-refractivity contribution is 5.37. The van der Waals surface area contributed by atoms with E-state index in [-0.39, 0.29) is 0 Å². The van der Waals surface area contributed by atoms with E-state index >= 15 is 0 Å². The lowest BCUT2D eigenvalue weighted by Crippen LogP contribution is -2.07. The fourth-order valence-corrected chi connectivity index (χ4v) is 2.17. The van der Waals surface area contributed by atoms with E-state index in [2.05, 4.69) is 58.9 Å². The van der Waals surface area contributed by atoms with Gasteiger partial charge >= 0.3 is 0 Å². The van der Waals surface area contributed by atoms with Crippen molar-refractivity contribution < 1.29 is 0 Å². The number of allylic oxidation sites excluding steroid dienone is 6. The third kappa shape index (κ3) is 2.37. The van der Waals surface area contributed by atoms with Crippen LogP contribution in [0.25, 0.3) is 0 Å². The van der Waals surface area contributed by atoms with E-state index in [1.807, 2.05) is 0 Å². The molecule has 0 aromatic carbocycles. The summed E-state index contributed by atoms with van der Waals surface area (Å²) < 4.78 is 0. The Morgan fingerprint density at radius 1 is 1.29 bits per heavy atom. The number of rotatable bonds is 0. The Labute approximate surface area is 88.4 Å². The summed E-state index contributed by atoms with van der Waals surface area (Å²) in [4.78, 5) is 0. The van der Waals surface area contributed by atoms with Crippen molar-refractivity contribution in [3.63, 3.8) is 0 Å². The number of hydrogen-bond donors (Lipinski definition) is 0. The van der Waals surface area contributed by atoms with Crippen molar-refractivity contribution in [2.75, 3.05) is 0 Å². The molecule has 1 rings (SSSR count). The van der Waals surface area contributed by atoms with E-state index in [1.165, 1.54) is 11.1 Å². The van der Waals surface area contributed by atoms with Crippen LogP contribution in [0.4, 0.5) is 0 Å². The van der Waals surface area contributed by atoms with E-state index in [9.17, 15) is 0 Å². The van der Waals surface area contributed by atoms with Gasteiger partial charge in [0.1, 0.15) is 0 Å². The van der Waals surface area contributed by atoms with Gasteiger partial charge in [-0.05, 0) is 42.7 Å². The molecule has 0 spiro atoms. The standard InChI is InChI=1S/C14H22/c1-6-12-10-14(4,5)9-8-11(3)13(12)7-2/h6-9,11H,10H2,1-5H3/b12-6-,13-7-. The summed E-state index contributed by atoms with van der Waals surface area (Å²) in [6.45, 7) is 11.2. The highest BCUT2D eigenvalue weighted by Crippen LogP contribution is 2.37. The molecule has 0 radical (unpaired) electrons. The first-order valence-electron chi connectivity index (χ1n) is 5.51. The average Bonchev–Trinajstić information content (AvgIpc) is 2.24. The lowest BCUT2D eigenvalue weighted by molar-refractivity contribution is 0.481. The van der Waals surface area contributed by atoms with E-state index < -0.39 is 0 Å². The van der Waals surface area contributed by atoms with Crippen LogP contribution in [-0.2, 0) is 0 Å². The van der Waals surface area contributed by atoms with Gasteiger partial charge in [-0.1, -0.05) is 45.1 Å². The summed E-state index contributed by atoms with van der Waals surface area (Å²) in [5.41, 5.74) is 3.31. The molecule has 14 heavy (non-hydrogen) atoms. The van der Waals surface area contributed by atoms with E-state index in [4.69, 9.17) is 0 Å². The third-order valence-corrected chi connectivity index (χ3v) is 3.00. The van der Waals surface area contributed by atoms with Gasteiger partial charge in [0.05, 0.1) is 0 Å². The molecule has 0 amide bonds. The van der Waals surface area contributed by atoms with Crippen LogP contribution in [0.15, 0.2) is 35.5 Å². The molecule has 0 aromatic rings. The fraction of sp³-hybridized carbons (Fsp3) is 0.571. The van der Waals surface area contributed by atoms with Crippen molar-refractivity contribution in [3.8, 4) is 0 Å². The van der Waals surface area contributed by atoms with E-state index in [0.29, 0.717) is 11.3 Å². The lowest BCUT2D eigenvalue weighted by atomic mass is 9.84. The van der Waals surface area contributed by atoms with Crippen LogP contribution in [-0.4, -0.2) is 0 Å². The summed E-state index contributed by atoms with van der Waals surface area (Å²) in [6.07, 6.45) is 10.4. The highest BCUT2D eigenvalue weighted by atomic mass is 14.3. The van der Waals surface area contributed by atoms with Gasteiger partial charge in [-0.2, -0.15) is 0 Å². The average molecular weight is 190 g/mol. The molecule has 0 saturated heterocycles. The predicted molar refractivity (Wildman–Crippen MR) is 64.2 cm³/mol. The monoisotopic (exact) mass is 190 g/mol. The molecule has 78 valence electrons. The molecule has 1 aliphatic carbocycles. The van der Waals surface area contributed by atoms with Gasteiger partial charge in [0, 0.05) is 0 Å². The maximum atomic E-state index is 2.36. The first-order valence-corrected chi connectivity index (χ1v) is 5.51. The first kappa shape index (κ1) is 11.3. The molecular formula is C14H22. The van der Waals surface area contributed by atoms with Gasteiger partial charge in [-0.15, -0.1) is 0 Å². The molecule has 1 aliphatic rings. The second-order valence-electron chi connectivity index (χ2n) is 4.87. The molecule has 0 fully saturated rings. The maximum absolute atomic E-state index is 2.36. The zero-order valence-electron chi connectivity index (χ0n) is 10.1. The molecule has 0 heteroatoms. The quantitative estimate of drug-likeness (QED) is 0.493. The van der Waals surface area contributed by atoms with Crippen molar-refractivity contribution in [1.82, 2.24) is 0 Å². The van der Waals surface area contributed by atoms with Crippen molar-refractivity contribution in [1.29, 1.82) is 0 Å². The minimum atomic E-state index is 0.306. The third-order valence-electron chi connectivity index (χ3n) is 3.00. The van der Waals surface area contributed by atoms with Crippen molar-refractivity contribution in [2.45, 2.75) is 41.0 Å². The Balaban J connectivity index is 3.10. The van der Waals surface area contributed by atoms with Gasteiger partial charge in [0.25, 0.3) is 0 Å². The molecule has 0 saturated carbocycles. The molecule has 0 aromatic heterocycles. The Hall–Kier alpha value is -0.780. The molecule has 1 unspecified atom stereocenters. The van der Waals surface area contributed by atoms with Crippen molar-refractivity contribution >= 4 is 0 Å². The van der Waals surface area contributed by atoms with Crippen molar-refractivity contribution in [3.05, 3.63) is 35.5 Å². The summed E-state index contributed by atoms with van der Waals surface area (Å²) in [7, 11) is 0. The normalized spacial score (nSPS) is 32.2. The second-order valence-corrected chi connectivity index (χ2v) is 4.87. The second kappa shape index (κ2) is 4.16. The zero-order valence-corrected chi connectivity index (χ0v) is 10.1. The summed E-state index contributed by atoms with van der Waals surface area (Å²) in [6, 6.07) is 0. The van der Waals surface area contributed by atoms with Crippen LogP contribution in [0.5, 0.6) is 0 Å². The SMILES string of the molecule is C/C=C1/CC(C)(C)C=CC(C)/C1=C/C. The van der Waals surface area contributed by atoms with Crippen LogP contribution in [0.2, 0.25) is 0 Å². The predicted octanol–water partition coefficient (Wildman–Crippen LogP) is 4.50. The Kier molecular flexibility index (Phi) is 3.36. The maximum Gasteiger partial charge on any atom is -0.00109 e. The molecular weight excluding hydrogens is 168 g/mol. The Morgan fingerprint density at radius 2 is 1.93 bits per heavy atom. The molecule has 0 heterocycles. The summed E-state index contributed by atoms with van der Waals surface area (Å²) >= 11 is 0. The molecule has 0 bridgehead atoms. The van der Waals surface area contributed by atoms with Crippen LogP contribution in [0.1, 0.15) is 41.0 Å². The first-order chi connectivity index (χ1) is 6.50. The molecule has 0 nitrogen and oxygen atoms in total. The van der Waals surface area contributed by atoms with Crippen LogP contribution in [0, 0.1) is 11.3 Å². The Bertz CT molecular complexity index is 287. The molecule has 1 atom stereocenters. The van der Waals surface area contributed by atoms with E-state index in [0.717, 1.165) is 6.42 Å². The lowest BCUT2D eigenvalue weighted by Gasteiger charge is -2.21. The van der Waals surface area contributed by atoms with Crippen LogP contribution in [0.3, 0.4) is 0 Å². The minimum Gasteiger partial charge on any atom is -0.0841 e. The Morgan fingerprint density at radius 3 is 2.43 bits per heavy atom.